The number of hydrogen-bond donors (Lipinski definition) is 1. The van der Waals surface area contributed by atoms with Crippen LogP contribution in [0.4, 0.5) is 0 Å². The van der Waals surface area contributed by atoms with Gasteiger partial charge in [-0.3, -0.25) is 4.79 Å². The van der Waals surface area contributed by atoms with E-state index >= 15 is 0 Å². The normalized spacial score (nSPS) is 12.6. The number of thiophene rings is 1. The summed E-state index contributed by atoms with van der Waals surface area (Å²) in [5.41, 5.74) is 0. The standard InChI is InChI=1S/C13H17N3O3S/c1-8(2)9(3)14-11(17)7-16-13(18)19-12(15-16)10-5-4-6-20-10/h4-6,8-9H,7H2,1-3H3,(H,14,17). The lowest BCUT2D eigenvalue weighted by molar-refractivity contribution is -0.122. The minimum absolute atomic E-state index is 0.0434. The fourth-order valence-corrected chi connectivity index (χ4v) is 2.15. The highest BCUT2D eigenvalue weighted by atomic mass is 32.1. The molecule has 1 N–H and O–H groups in total. The molecule has 0 bridgehead atoms. The van der Waals surface area contributed by atoms with Crippen molar-refractivity contribution in [2.24, 2.45) is 5.92 Å². The smallest absolute Gasteiger partial charge is 0.387 e. The zero-order valence-corrected chi connectivity index (χ0v) is 12.4. The molecule has 0 fully saturated rings. The topological polar surface area (TPSA) is 77.1 Å². The second kappa shape index (κ2) is 6.04. The van der Waals surface area contributed by atoms with Crippen molar-refractivity contribution >= 4 is 17.2 Å². The van der Waals surface area contributed by atoms with Gasteiger partial charge in [0.1, 0.15) is 6.54 Å². The fraction of sp³-hybridized carbons (Fsp3) is 0.462. The second-order valence-electron chi connectivity index (χ2n) is 4.91. The van der Waals surface area contributed by atoms with Gasteiger partial charge in [-0.05, 0) is 24.3 Å². The molecule has 0 spiro atoms. The number of amides is 1. The van der Waals surface area contributed by atoms with Gasteiger partial charge >= 0.3 is 5.76 Å². The Balaban J connectivity index is 2.07. The van der Waals surface area contributed by atoms with E-state index in [0.29, 0.717) is 5.92 Å². The van der Waals surface area contributed by atoms with E-state index in [9.17, 15) is 9.59 Å². The van der Waals surface area contributed by atoms with Crippen LogP contribution in [-0.4, -0.2) is 21.7 Å². The Morgan fingerprint density at radius 3 is 2.85 bits per heavy atom. The van der Waals surface area contributed by atoms with E-state index in [-0.39, 0.29) is 24.4 Å². The van der Waals surface area contributed by atoms with E-state index in [1.54, 1.807) is 6.07 Å². The lowest BCUT2D eigenvalue weighted by atomic mass is 10.1. The van der Waals surface area contributed by atoms with Gasteiger partial charge < -0.3 is 9.73 Å². The number of rotatable bonds is 5. The van der Waals surface area contributed by atoms with Crippen molar-refractivity contribution in [3.8, 4) is 10.8 Å². The monoisotopic (exact) mass is 295 g/mol. The second-order valence-corrected chi connectivity index (χ2v) is 5.86. The number of nitrogens with zero attached hydrogens (tertiary/aromatic N) is 2. The quantitative estimate of drug-likeness (QED) is 0.911. The first-order valence-electron chi connectivity index (χ1n) is 6.38. The molecule has 0 saturated heterocycles. The minimum Gasteiger partial charge on any atom is -0.387 e. The molecule has 2 aromatic heterocycles. The molecule has 1 atom stereocenters. The zero-order valence-electron chi connectivity index (χ0n) is 11.6. The first kappa shape index (κ1) is 14.5. The van der Waals surface area contributed by atoms with Crippen LogP contribution in [-0.2, 0) is 11.3 Å². The molecule has 0 radical (unpaired) electrons. The van der Waals surface area contributed by atoms with Crippen molar-refractivity contribution < 1.29 is 9.21 Å². The van der Waals surface area contributed by atoms with Crippen molar-refractivity contribution in [3.05, 3.63) is 28.1 Å². The predicted molar refractivity (Wildman–Crippen MR) is 76.5 cm³/mol. The molecule has 0 saturated carbocycles. The van der Waals surface area contributed by atoms with E-state index in [2.05, 4.69) is 10.4 Å². The highest BCUT2D eigenvalue weighted by Crippen LogP contribution is 2.20. The summed E-state index contributed by atoms with van der Waals surface area (Å²) in [6.45, 7) is 5.82. The summed E-state index contributed by atoms with van der Waals surface area (Å²) >= 11 is 1.42. The third kappa shape index (κ3) is 3.36. The summed E-state index contributed by atoms with van der Waals surface area (Å²) in [6.07, 6.45) is 0. The molecule has 2 heterocycles. The van der Waals surface area contributed by atoms with Gasteiger partial charge in [-0.2, -0.15) is 4.68 Å². The van der Waals surface area contributed by atoms with Crippen LogP contribution in [0.1, 0.15) is 20.8 Å². The van der Waals surface area contributed by atoms with Gasteiger partial charge in [-0.15, -0.1) is 16.4 Å². The number of aromatic nitrogens is 2. The fourth-order valence-electron chi connectivity index (χ4n) is 1.51. The van der Waals surface area contributed by atoms with Crippen molar-refractivity contribution in [1.82, 2.24) is 15.1 Å². The van der Waals surface area contributed by atoms with E-state index in [0.717, 1.165) is 9.56 Å². The van der Waals surface area contributed by atoms with E-state index in [1.807, 2.05) is 32.2 Å². The summed E-state index contributed by atoms with van der Waals surface area (Å²) in [5, 5.41) is 8.72. The Hall–Kier alpha value is -1.89. The Morgan fingerprint density at radius 1 is 1.50 bits per heavy atom. The average Bonchev–Trinajstić information content (AvgIpc) is 2.99. The molecule has 1 amide bonds. The third-order valence-corrected chi connectivity index (χ3v) is 3.88. The van der Waals surface area contributed by atoms with Crippen LogP contribution in [0, 0.1) is 5.92 Å². The summed E-state index contributed by atoms with van der Waals surface area (Å²) in [6, 6.07) is 3.69. The lowest BCUT2D eigenvalue weighted by Gasteiger charge is -2.16. The Bertz CT molecular complexity index is 628. The zero-order chi connectivity index (χ0) is 14.7. The van der Waals surface area contributed by atoms with E-state index < -0.39 is 5.76 Å². The van der Waals surface area contributed by atoms with Crippen LogP contribution in [0.5, 0.6) is 0 Å². The van der Waals surface area contributed by atoms with Gasteiger partial charge in [-0.1, -0.05) is 19.9 Å². The molecule has 20 heavy (non-hydrogen) atoms. The first-order valence-corrected chi connectivity index (χ1v) is 7.26. The average molecular weight is 295 g/mol. The van der Waals surface area contributed by atoms with E-state index in [1.165, 1.54) is 11.3 Å². The maximum absolute atomic E-state index is 11.8. The van der Waals surface area contributed by atoms with Gasteiger partial charge in [0.2, 0.25) is 5.91 Å². The van der Waals surface area contributed by atoms with Crippen molar-refractivity contribution in [1.29, 1.82) is 0 Å². The van der Waals surface area contributed by atoms with Crippen LogP contribution in [0.3, 0.4) is 0 Å². The van der Waals surface area contributed by atoms with Gasteiger partial charge in [-0.25, -0.2) is 4.79 Å². The van der Waals surface area contributed by atoms with Crippen molar-refractivity contribution in [2.45, 2.75) is 33.4 Å². The maximum atomic E-state index is 11.8. The summed E-state index contributed by atoms with van der Waals surface area (Å²) < 4.78 is 6.08. The lowest BCUT2D eigenvalue weighted by Crippen LogP contribution is -2.39. The van der Waals surface area contributed by atoms with Crippen LogP contribution < -0.4 is 11.1 Å². The molecule has 2 aromatic rings. The Labute approximate surface area is 120 Å². The molecule has 0 aliphatic rings. The number of carbonyl (C=O) groups is 1. The molecule has 108 valence electrons. The number of carbonyl (C=O) groups excluding carboxylic acids is 1. The van der Waals surface area contributed by atoms with Crippen molar-refractivity contribution in [3.63, 3.8) is 0 Å². The maximum Gasteiger partial charge on any atom is 0.437 e. The minimum atomic E-state index is -0.624. The van der Waals surface area contributed by atoms with Crippen LogP contribution >= 0.6 is 11.3 Å². The van der Waals surface area contributed by atoms with Crippen LogP contribution in [0.15, 0.2) is 26.7 Å². The molecule has 1 unspecified atom stereocenters. The number of hydrogen-bond acceptors (Lipinski definition) is 5. The summed E-state index contributed by atoms with van der Waals surface area (Å²) in [5.74, 6) is -0.301. The SMILES string of the molecule is CC(C)C(C)NC(=O)Cn1nc(-c2cccs2)oc1=O. The highest BCUT2D eigenvalue weighted by molar-refractivity contribution is 7.13. The largest absolute Gasteiger partial charge is 0.437 e. The molecule has 7 heteroatoms. The number of nitrogens with one attached hydrogen (secondary N) is 1. The van der Waals surface area contributed by atoms with Gasteiger partial charge in [0.05, 0.1) is 4.88 Å². The van der Waals surface area contributed by atoms with E-state index in [4.69, 9.17) is 4.42 Å². The molecule has 0 aliphatic heterocycles. The van der Waals surface area contributed by atoms with Crippen LogP contribution in [0.2, 0.25) is 0 Å². The molecule has 2 rings (SSSR count). The molecule has 0 aromatic carbocycles. The Kier molecular flexibility index (Phi) is 4.39. The van der Waals surface area contributed by atoms with Gasteiger partial charge in [0, 0.05) is 6.04 Å². The summed E-state index contributed by atoms with van der Waals surface area (Å²) in [7, 11) is 0. The van der Waals surface area contributed by atoms with Crippen molar-refractivity contribution in [2.75, 3.05) is 0 Å². The van der Waals surface area contributed by atoms with Gasteiger partial charge in [0.15, 0.2) is 0 Å². The highest BCUT2D eigenvalue weighted by Gasteiger charge is 2.16. The first-order chi connectivity index (χ1) is 9.47. The molecular weight excluding hydrogens is 278 g/mol. The third-order valence-electron chi connectivity index (χ3n) is 3.02. The predicted octanol–water partition coefficient (Wildman–Crippen LogP) is 1.73. The molecule has 6 nitrogen and oxygen atoms in total. The Morgan fingerprint density at radius 2 is 2.25 bits per heavy atom. The molecule has 0 aliphatic carbocycles. The van der Waals surface area contributed by atoms with Crippen LogP contribution in [0.25, 0.3) is 10.8 Å². The molecular formula is C13H17N3O3S. The van der Waals surface area contributed by atoms with Gasteiger partial charge in [0.25, 0.3) is 5.89 Å². The summed E-state index contributed by atoms with van der Waals surface area (Å²) in [4.78, 5) is 24.2.